The van der Waals surface area contributed by atoms with Gasteiger partial charge in [0.15, 0.2) is 6.61 Å². The van der Waals surface area contributed by atoms with Gasteiger partial charge < -0.3 is 10.1 Å². The lowest BCUT2D eigenvalue weighted by Crippen LogP contribution is -2.31. The Hall–Kier alpha value is -1.81. The van der Waals surface area contributed by atoms with Gasteiger partial charge in [-0.3, -0.25) is 4.79 Å². The fourth-order valence-corrected chi connectivity index (χ4v) is 3.13. The van der Waals surface area contributed by atoms with Crippen LogP contribution in [0.15, 0.2) is 46.9 Å². The highest BCUT2D eigenvalue weighted by Gasteiger charge is 2.16. The van der Waals surface area contributed by atoms with E-state index in [1.54, 1.807) is 0 Å². The average molecular weight is 418 g/mol. The van der Waals surface area contributed by atoms with Gasteiger partial charge in [-0.05, 0) is 63.5 Å². The van der Waals surface area contributed by atoms with Gasteiger partial charge in [0.05, 0.1) is 10.5 Å². The van der Waals surface area contributed by atoms with Gasteiger partial charge in [0, 0.05) is 0 Å². The normalized spacial score (nSPS) is 12.5. The van der Waals surface area contributed by atoms with E-state index in [4.69, 9.17) is 4.74 Å². The molecule has 0 aliphatic heterocycles. The molecule has 1 N–H and O–H groups in total. The zero-order valence-corrected chi connectivity index (χ0v) is 17.8. The Balaban J connectivity index is 1.91. The Kier molecular flexibility index (Phi) is 6.87. The SMILES string of the molecule is CCc1ccc([C@@H](C)NC(=O)COc2ccc(C(C)(C)C)cc2Br)cc1. The van der Waals surface area contributed by atoms with Crippen LogP contribution in [0.1, 0.15) is 57.4 Å². The number of hydrogen-bond donors (Lipinski definition) is 1. The van der Waals surface area contributed by atoms with Crippen molar-refractivity contribution in [1.82, 2.24) is 5.32 Å². The highest BCUT2D eigenvalue weighted by molar-refractivity contribution is 9.10. The van der Waals surface area contributed by atoms with Crippen LogP contribution in [0.4, 0.5) is 0 Å². The molecule has 0 aliphatic carbocycles. The maximum atomic E-state index is 12.2. The molecule has 0 saturated carbocycles. The Labute approximate surface area is 165 Å². The van der Waals surface area contributed by atoms with Crippen molar-refractivity contribution in [2.45, 2.75) is 52.5 Å². The van der Waals surface area contributed by atoms with Gasteiger partial charge in [-0.15, -0.1) is 0 Å². The molecule has 0 fully saturated rings. The Morgan fingerprint density at radius 1 is 1.15 bits per heavy atom. The predicted octanol–water partition coefficient (Wildman–Crippen LogP) is 5.57. The molecule has 0 heterocycles. The minimum atomic E-state index is -0.135. The first kappa shape index (κ1) is 20.5. The fraction of sp³-hybridized carbons (Fsp3) is 0.409. The van der Waals surface area contributed by atoms with Crippen molar-refractivity contribution in [1.29, 1.82) is 0 Å². The molecular weight excluding hydrogens is 390 g/mol. The highest BCUT2D eigenvalue weighted by atomic mass is 79.9. The van der Waals surface area contributed by atoms with Gasteiger partial charge >= 0.3 is 0 Å². The molecule has 4 heteroatoms. The van der Waals surface area contributed by atoms with Crippen molar-refractivity contribution in [3.8, 4) is 5.75 Å². The minimum Gasteiger partial charge on any atom is -0.483 e. The molecule has 0 spiro atoms. The summed E-state index contributed by atoms with van der Waals surface area (Å²) < 4.78 is 6.54. The molecule has 26 heavy (non-hydrogen) atoms. The van der Waals surface area contributed by atoms with Crippen LogP contribution >= 0.6 is 15.9 Å². The van der Waals surface area contributed by atoms with E-state index in [0.717, 1.165) is 16.5 Å². The van der Waals surface area contributed by atoms with Crippen LogP contribution in [-0.4, -0.2) is 12.5 Å². The quantitative estimate of drug-likeness (QED) is 0.667. The zero-order chi connectivity index (χ0) is 19.3. The monoisotopic (exact) mass is 417 g/mol. The van der Waals surface area contributed by atoms with Crippen molar-refractivity contribution in [3.05, 3.63) is 63.6 Å². The summed E-state index contributed by atoms with van der Waals surface area (Å²) in [5, 5.41) is 2.98. The number of halogens is 1. The molecule has 0 unspecified atom stereocenters. The van der Waals surface area contributed by atoms with Gasteiger partial charge in [-0.2, -0.15) is 0 Å². The van der Waals surface area contributed by atoms with Crippen LogP contribution in [0.25, 0.3) is 0 Å². The average Bonchev–Trinajstić information content (AvgIpc) is 2.59. The summed E-state index contributed by atoms with van der Waals surface area (Å²) in [5.74, 6) is 0.539. The zero-order valence-electron chi connectivity index (χ0n) is 16.2. The van der Waals surface area contributed by atoms with Crippen LogP contribution in [0.2, 0.25) is 0 Å². The van der Waals surface area contributed by atoms with Crippen molar-refractivity contribution in [3.63, 3.8) is 0 Å². The second kappa shape index (κ2) is 8.72. The van der Waals surface area contributed by atoms with E-state index in [2.05, 4.69) is 73.2 Å². The van der Waals surface area contributed by atoms with E-state index in [9.17, 15) is 4.79 Å². The van der Waals surface area contributed by atoms with Crippen LogP contribution in [0.3, 0.4) is 0 Å². The Bertz CT molecular complexity index is 748. The molecule has 2 aromatic carbocycles. The highest BCUT2D eigenvalue weighted by Crippen LogP contribution is 2.31. The predicted molar refractivity (Wildman–Crippen MR) is 111 cm³/mol. The van der Waals surface area contributed by atoms with E-state index in [0.29, 0.717) is 5.75 Å². The number of hydrogen-bond acceptors (Lipinski definition) is 2. The second-order valence-corrected chi connectivity index (χ2v) is 8.42. The van der Waals surface area contributed by atoms with Crippen molar-refractivity contribution in [2.75, 3.05) is 6.61 Å². The van der Waals surface area contributed by atoms with Gasteiger partial charge in [-0.25, -0.2) is 0 Å². The van der Waals surface area contributed by atoms with E-state index in [1.807, 2.05) is 25.1 Å². The maximum Gasteiger partial charge on any atom is 0.258 e. The number of rotatable bonds is 6. The number of amides is 1. The largest absolute Gasteiger partial charge is 0.483 e. The van der Waals surface area contributed by atoms with Crippen LogP contribution in [0.5, 0.6) is 5.75 Å². The standard InChI is InChI=1S/C22H28BrNO2/c1-6-16-7-9-17(10-8-16)15(2)24-21(25)14-26-20-12-11-18(13-19(20)23)22(3,4)5/h7-13,15H,6,14H2,1-5H3,(H,24,25)/t15-/m1/s1. The summed E-state index contributed by atoms with van der Waals surface area (Å²) in [5.41, 5.74) is 3.66. The molecule has 0 aromatic heterocycles. The minimum absolute atomic E-state index is 0.00908. The summed E-state index contributed by atoms with van der Waals surface area (Å²) in [6.07, 6.45) is 1.01. The Morgan fingerprint density at radius 3 is 2.35 bits per heavy atom. The maximum absolute atomic E-state index is 12.2. The third kappa shape index (κ3) is 5.60. The fourth-order valence-electron chi connectivity index (χ4n) is 2.64. The van der Waals surface area contributed by atoms with E-state index < -0.39 is 0 Å². The molecule has 0 saturated heterocycles. The number of carbonyl (C=O) groups excluding carboxylic acids is 1. The van der Waals surface area contributed by atoms with Gasteiger partial charge in [0.1, 0.15) is 5.75 Å². The van der Waals surface area contributed by atoms with Crippen LogP contribution < -0.4 is 10.1 Å². The molecule has 0 bridgehead atoms. The van der Waals surface area contributed by atoms with Gasteiger partial charge in [0.25, 0.3) is 5.91 Å². The van der Waals surface area contributed by atoms with Crippen LogP contribution in [0, 0.1) is 0 Å². The molecule has 140 valence electrons. The second-order valence-electron chi connectivity index (χ2n) is 7.57. The number of benzene rings is 2. The van der Waals surface area contributed by atoms with Crippen molar-refractivity contribution >= 4 is 21.8 Å². The number of nitrogens with one attached hydrogen (secondary N) is 1. The summed E-state index contributed by atoms with van der Waals surface area (Å²) >= 11 is 3.53. The van der Waals surface area contributed by atoms with Crippen molar-refractivity contribution < 1.29 is 9.53 Å². The lowest BCUT2D eigenvalue weighted by molar-refractivity contribution is -0.123. The molecule has 2 rings (SSSR count). The van der Waals surface area contributed by atoms with E-state index >= 15 is 0 Å². The molecule has 1 atom stereocenters. The summed E-state index contributed by atoms with van der Waals surface area (Å²) in [6, 6.07) is 14.3. The third-order valence-electron chi connectivity index (χ3n) is 4.42. The van der Waals surface area contributed by atoms with Crippen LogP contribution in [-0.2, 0) is 16.6 Å². The summed E-state index contributed by atoms with van der Waals surface area (Å²) in [6.45, 7) is 10.6. The first-order chi connectivity index (χ1) is 12.2. The topological polar surface area (TPSA) is 38.3 Å². The molecule has 1 amide bonds. The lowest BCUT2D eigenvalue weighted by Gasteiger charge is -2.20. The number of carbonyl (C=O) groups is 1. The molecule has 2 aromatic rings. The molecule has 3 nitrogen and oxygen atoms in total. The Morgan fingerprint density at radius 2 is 1.81 bits per heavy atom. The first-order valence-corrected chi connectivity index (χ1v) is 9.81. The van der Waals surface area contributed by atoms with E-state index in [-0.39, 0.29) is 24.0 Å². The summed E-state index contributed by atoms with van der Waals surface area (Å²) in [4.78, 5) is 12.2. The van der Waals surface area contributed by atoms with Gasteiger partial charge in [-0.1, -0.05) is 58.0 Å². The molecule has 0 radical (unpaired) electrons. The molecule has 0 aliphatic rings. The summed E-state index contributed by atoms with van der Waals surface area (Å²) in [7, 11) is 0. The third-order valence-corrected chi connectivity index (χ3v) is 5.04. The first-order valence-electron chi connectivity index (χ1n) is 9.01. The number of ether oxygens (including phenoxy) is 1. The van der Waals surface area contributed by atoms with Crippen molar-refractivity contribution in [2.24, 2.45) is 0 Å². The van der Waals surface area contributed by atoms with Gasteiger partial charge in [0.2, 0.25) is 0 Å². The molecular formula is C22H28BrNO2. The number of aryl methyl sites for hydroxylation is 1. The van der Waals surface area contributed by atoms with E-state index in [1.165, 1.54) is 11.1 Å². The smallest absolute Gasteiger partial charge is 0.258 e. The lowest BCUT2D eigenvalue weighted by atomic mass is 9.87.